The van der Waals surface area contributed by atoms with E-state index in [1.807, 2.05) is 19.9 Å². The van der Waals surface area contributed by atoms with Crippen LogP contribution in [0.5, 0.6) is 11.5 Å². The van der Waals surface area contributed by atoms with Gasteiger partial charge in [0, 0.05) is 6.04 Å². The number of amides is 1. The first-order valence-corrected chi connectivity index (χ1v) is 6.46. The molecule has 1 atom stereocenters. The third-order valence-electron chi connectivity index (χ3n) is 3.06. The molecule has 0 unspecified atom stereocenters. The number of hydrogen-bond donors (Lipinski definition) is 1. The molecule has 1 amide bonds. The summed E-state index contributed by atoms with van der Waals surface area (Å²) in [4.78, 5) is 11.9. The molecule has 1 aromatic rings. The smallest absolute Gasteiger partial charge is 0.262 e. The van der Waals surface area contributed by atoms with E-state index in [0.29, 0.717) is 11.5 Å². The van der Waals surface area contributed by atoms with E-state index in [4.69, 9.17) is 14.7 Å². The molecule has 1 heterocycles. The minimum atomic E-state index is -0.362. The zero-order valence-corrected chi connectivity index (χ0v) is 11.5. The zero-order valence-electron chi connectivity index (χ0n) is 11.5. The van der Waals surface area contributed by atoms with Crippen LogP contribution in [0.1, 0.15) is 25.8 Å². The van der Waals surface area contributed by atoms with Crippen LogP contribution in [0.25, 0.3) is 6.08 Å². The van der Waals surface area contributed by atoms with Gasteiger partial charge in [0.15, 0.2) is 11.5 Å². The Morgan fingerprint density at radius 3 is 2.95 bits per heavy atom. The topological polar surface area (TPSA) is 71.4 Å². The van der Waals surface area contributed by atoms with Gasteiger partial charge in [0.25, 0.3) is 5.91 Å². The molecule has 5 nitrogen and oxygen atoms in total. The standard InChI is InChI=1S/C15H16N2O3/c1-3-10(2)17-15(18)12(8-16)6-11-4-5-13-14(7-11)20-9-19-13/h4-7,10H,3,9H2,1-2H3,(H,17,18)/b12-6+/t10-/m0/s1. The van der Waals surface area contributed by atoms with Crippen LogP contribution >= 0.6 is 0 Å². The molecule has 5 heteroatoms. The van der Waals surface area contributed by atoms with Crippen LogP contribution in [0.4, 0.5) is 0 Å². The van der Waals surface area contributed by atoms with Gasteiger partial charge in [-0.25, -0.2) is 0 Å². The molecule has 0 radical (unpaired) electrons. The monoisotopic (exact) mass is 272 g/mol. The lowest BCUT2D eigenvalue weighted by Crippen LogP contribution is -2.32. The van der Waals surface area contributed by atoms with Crippen LogP contribution in [0, 0.1) is 11.3 Å². The van der Waals surface area contributed by atoms with Crippen molar-refractivity contribution >= 4 is 12.0 Å². The van der Waals surface area contributed by atoms with Gasteiger partial charge in [-0.05, 0) is 37.1 Å². The minimum absolute atomic E-state index is 0.0380. The maximum Gasteiger partial charge on any atom is 0.262 e. The molecular formula is C15H16N2O3. The van der Waals surface area contributed by atoms with Crippen molar-refractivity contribution in [1.29, 1.82) is 5.26 Å². The Hall–Kier alpha value is -2.48. The van der Waals surface area contributed by atoms with Crippen molar-refractivity contribution in [3.8, 4) is 17.6 Å². The van der Waals surface area contributed by atoms with Crippen molar-refractivity contribution in [2.24, 2.45) is 0 Å². The lowest BCUT2D eigenvalue weighted by atomic mass is 10.1. The van der Waals surface area contributed by atoms with Gasteiger partial charge < -0.3 is 14.8 Å². The number of fused-ring (bicyclic) bond motifs is 1. The number of nitrogens with one attached hydrogen (secondary N) is 1. The van der Waals surface area contributed by atoms with Gasteiger partial charge in [0.1, 0.15) is 11.6 Å². The molecule has 0 bridgehead atoms. The Kier molecular flexibility index (Phi) is 4.26. The van der Waals surface area contributed by atoms with Crippen LogP contribution < -0.4 is 14.8 Å². The average Bonchev–Trinajstić information content (AvgIpc) is 2.91. The van der Waals surface area contributed by atoms with E-state index in [9.17, 15) is 4.79 Å². The molecule has 1 aliphatic heterocycles. The highest BCUT2D eigenvalue weighted by Gasteiger charge is 2.15. The van der Waals surface area contributed by atoms with Gasteiger partial charge in [-0.2, -0.15) is 5.26 Å². The summed E-state index contributed by atoms with van der Waals surface area (Å²) in [6.07, 6.45) is 2.36. The second-order valence-electron chi connectivity index (χ2n) is 4.57. The highest BCUT2D eigenvalue weighted by atomic mass is 16.7. The second-order valence-corrected chi connectivity index (χ2v) is 4.57. The predicted octanol–water partition coefficient (Wildman–Crippen LogP) is 2.24. The maximum atomic E-state index is 11.9. The normalized spacial score (nSPS) is 14.6. The average molecular weight is 272 g/mol. The van der Waals surface area contributed by atoms with Crippen molar-refractivity contribution < 1.29 is 14.3 Å². The first-order valence-electron chi connectivity index (χ1n) is 6.46. The number of carbonyl (C=O) groups is 1. The second kappa shape index (κ2) is 6.11. The van der Waals surface area contributed by atoms with Crippen molar-refractivity contribution in [3.63, 3.8) is 0 Å². The quantitative estimate of drug-likeness (QED) is 0.674. The first-order chi connectivity index (χ1) is 9.63. The summed E-state index contributed by atoms with van der Waals surface area (Å²) in [5.41, 5.74) is 0.800. The number of carbonyl (C=O) groups excluding carboxylic acids is 1. The molecule has 20 heavy (non-hydrogen) atoms. The fourth-order valence-electron chi connectivity index (χ4n) is 1.72. The van der Waals surface area contributed by atoms with E-state index in [1.54, 1.807) is 24.3 Å². The number of hydrogen-bond acceptors (Lipinski definition) is 4. The van der Waals surface area contributed by atoms with Crippen LogP contribution in [0.3, 0.4) is 0 Å². The fraction of sp³-hybridized carbons (Fsp3) is 0.333. The summed E-state index contributed by atoms with van der Waals surface area (Å²) in [5, 5.41) is 11.9. The third-order valence-corrected chi connectivity index (χ3v) is 3.06. The Morgan fingerprint density at radius 1 is 1.50 bits per heavy atom. The van der Waals surface area contributed by atoms with Gasteiger partial charge in [-0.3, -0.25) is 4.79 Å². The first kappa shape index (κ1) is 13.9. The van der Waals surface area contributed by atoms with Gasteiger partial charge in [-0.1, -0.05) is 13.0 Å². The van der Waals surface area contributed by atoms with Gasteiger partial charge >= 0.3 is 0 Å². The lowest BCUT2D eigenvalue weighted by molar-refractivity contribution is -0.117. The van der Waals surface area contributed by atoms with Gasteiger partial charge in [0.2, 0.25) is 6.79 Å². The van der Waals surface area contributed by atoms with E-state index >= 15 is 0 Å². The SMILES string of the molecule is CC[C@H](C)NC(=O)/C(C#N)=C/c1ccc2c(c1)OCO2. The molecule has 0 saturated heterocycles. The largest absolute Gasteiger partial charge is 0.454 e. The molecule has 1 aliphatic rings. The molecule has 0 aliphatic carbocycles. The van der Waals surface area contributed by atoms with E-state index < -0.39 is 0 Å². The summed E-state index contributed by atoms with van der Waals surface area (Å²) < 4.78 is 10.5. The van der Waals surface area contributed by atoms with Crippen LogP contribution in [0.2, 0.25) is 0 Å². The van der Waals surface area contributed by atoms with Crippen molar-refractivity contribution in [3.05, 3.63) is 29.3 Å². The Bertz CT molecular complexity index is 587. The number of ether oxygens (including phenoxy) is 2. The molecule has 0 saturated carbocycles. The molecule has 0 fully saturated rings. The van der Waals surface area contributed by atoms with E-state index in [0.717, 1.165) is 12.0 Å². The molecule has 0 spiro atoms. The predicted molar refractivity (Wildman–Crippen MR) is 74.1 cm³/mol. The van der Waals surface area contributed by atoms with Crippen LogP contribution in [-0.2, 0) is 4.79 Å². The summed E-state index contributed by atoms with van der Waals surface area (Å²) in [5.74, 6) is 0.933. The highest BCUT2D eigenvalue weighted by molar-refractivity contribution is 6.01. The van der Waals surface area contributed by atoms with Gasteiger partial charge in [-0.15, -0.1) is 0 Å². The maximum absolute atomic E-state index is 11.9. The zero-order chi connectivity index (χ0) is 14.5. The van der Waals surface area contributed by atoms with E-state index in [1.165, 1.54) is 0 Å². The number of nitriles is 1. The number of nitrogens with zero attached hydrogens (tertiary/aromatic N) is 1. The summed E-state index contributed by atoms with van der Waals surface area (Å²) >= 11 is 0. The Labute approximate surface area is 117 Å². The lowest BCUT2D eigenvalue weighted by Gasteiger charge is -2.10. The number of benzene rings is 1. The molecule has 2 rings (SSSR count). The van der Waals surface area contributed by atoms with Crippen LogP contribution in [0.15, 0.2) is 23.8 Å². The third kappa shape index (κ3) is 3.09. The summed E-state index contributed by atoms with van der Waals surface area (Å²) in [6.45, 7) is 4.06. The highest BCUT2D eigenvalue weighted by Crippen LogP contribution is 2.33. The molecule has 0 aromatic heterocycles. The van der Waals surface area contributed by atoms with Gasteiger partial charge in [0.05, 0.1) is 0 Å². The summed E-state index contributed by atoms with van der Waals surface area (Å²) in [7, 11) is 0. The van der Waals surface area contributed by atoms with E-state index in [2.05, 4.69) is 5.32 Å². The Morgan fingerprint density at radius 2 is 2.25 bits per heavy atom. The molecule has 1 N–H and O–H groups in total. The minimum Gasteiger partial charge on any atom is -0.454 e. The Balaban J connectivity index is 2.19. The van der Waals surface area contributed by atoms with Crippen LogP contribution in [-0.4, -0.2) is 18.7 Å². The fourth-order valence-corrected chi connectivity index (χ4v) is 1.72. The molecular weight excluding hydrogens is 256 g/mol. The number of rotatable bonds is 4. The molecule has 1 aromatic carbocycles. The van der Waals surface area contributed by atoms with Crippen molar-refractivity contribution in [1.82, 2.24) is 5.32 Å². The summed E-state index contributed by atoms with van der Waals surface area (Å²) in [6, 6.07) is 7.25. The van der Waals surface area contributed by atoms with Crippen molar-refractivity contribution in [2.45, 2.75) is 26.3 Å². The van der Waals surface area contributed by atoms with E-state index in [-0.39, 0.29) is 24.3 Å². The van der Waals surface area contributed by atoms with Crippen molar-refractivity contribution in [2.75, 3.05) is 6.79 Å². The molecule has 104 valence electrons.